The average molecular weight is 520 g/mol. The lowest BCUT2D eigenvalue weighted by Crippen LogP contribution is -2.43. The summed E-state index contributed by atoms with van der Waals surface area (Å²) in [5, 5.41) is 14.5. The average Bonchev–Trinajstić information content (AvgIpc) is 2.68. The highest BCUT2D eigenvalue weighted by atomic mass is 127. The van der Waals surface area contributed by atoms with Gasteiger partial charge < -0.3 is 5.32 Å². The van der Waals surface area contributed by atoms with Crippen molar-refractivity contribution in [2.45, 2.75) is 13.1 Å². The van der Waals surface area contributed by atoms with Crippen molar-refractivity contribution in [2.75, 3.05) is 10.2 Å². The smallest absolute Gasteiger partial charge is 0.287 e. The van der Waals surface area contributed by atoms with Gasteiger partial charge >= 0.3 is 0 Å². The minimum atomic E-state index is -0.560. The maximum absolute atomic E-state index is 13.5. The van der Waals surface area contributed by atoms with E-state index >= 15 is 0 Å². The lowest BCUT2D eigenvalue weighted by molar-refractivity contribution is -0.384. The molecular formula is C21H15ClIN3O3. The zero-order valence-electron chi connectivity index (χ0n) is 15.2. The van der Waals surface area contributed by atoms with E-state index in [4.69, 9.17) is 11.6 Å². The summed E-state index contributed by atoms with van der Waals surface area (Å²) in [5.74, 6) is -0.151. The second-order valence-corrected chi connectivity index (χ2v) is 8.37. The van der Waals surface area contributed by atoms with Crippen LogP contribution in [0.2, 0.25) is 5.02 Å². The highest BCUT2D eigenvalue weighted by molar-refractivity contribution is 14.1. The van der Waals surface area contributed by atoms with Crippen LogP contribution in [-0.4, -0.2) is 10.8 Å². The van der Waals surface area contributed by atoms with Gasteiger partial charge in [-0.3, -0.25) is 19.8 Å². The predicted octanol–water partition coefficient (Wildman–Crippen LogP) is 5.93. The van der Waals surface area contributed by atoms with Crippen molar-refractivity contribution in [1.82, 2.24) is 0 Å². The molecule has 0 bridgehead atoms. The Hall–Kier alpha value is -2.65. The summed E-state index contributed by atoms with van der Waals surface area (Å²) in [7, 11) is 0. The van der Waals surface area contributed by atoms with E-state index in [2.05, 4.69) is 27.9 Å². The molecule has 0 aromatic heterocycles. The Labute approximate surface area is 185 Å². The molecule has 4 rings (SSSR count). The molecule has 29 heavy (non-hydrogen) atoms. The fraction of sp³-hybridized carbons (Fsp3) is 0.0952. The number of carbonyl (C=O) groups is 1. The summed E-state index contributed by atoms with van der Waals surface area (Å²) in [6, 6.07) is 17.8. The van der Waals surface area contributed by atoms with Crippen LogP contribution in [0.5, 0.6) is 0 Å². The lowest BCUT2D eigenvalue weighted by atomic mass is 10.0. The molecule has 1 aliphatic rings. The Bertz CT molecular complexity index is 1150. The van der Waals surface area contributed by atoms with Gasteiger partial charge in [-0.2, -0.15) is 0 Å². The number of hydrogen-bond donors (Lipinski definition) is 1. The van der Waals surface area contributed by atoms with Crippen molar-refractivity contribution in [3.8, 4) is 0 Å². The topological polar surface area (TPSA) is 75.5 Å². The number of aryl methyl sites for hydroxylation is 1. The van der Waals surface area contributed by atoms with Crippen LogP contribution in [0.3, 0.4) is 0 Å². The van der Waals surface area contributed by atoms with Crippen LogP contribution in [0, 0.1) is 20.6 Å². The lowest BCUT2D eigenvalue weighted by Gasteiger charge is -2.38. The third kappa shape index (κ3) is 3.67. The number of halogens is 2. The van der Waals surface area contributed by atoms with Crippen LogP contribution in [0.25, 0.3) is 0 Å². The van der Waals surface area contributed by atoms with E-state index in [1.807, 2.05) is 49.4 Å². The van der Waals surface area contributed by atoms with Gasteiger partial charge in [0.1, 0.15) is 11.2 Å². The highest BCUT2D eigenvalue weighted by Crippen LogP contribution is 2.39. The Morgan fingerprint density at radius 2 is 1.93 bits per heavy atom. The number of nitrogens with zero attached hydrogens (tertiary/aromatic N) is 2. The van der Waals surface area contributed by atoms with Gasteiger partial charge in [-0.1, -0.05) is 23.7 Å². The molecule has 0 saturated heterocycles. The highest BCUT2D eigenvalue weighted by Gasteiger charge is 2.35. The molecule has 1 N–H and O–H groups in total. The zero-order chi connectivity index (χ0) is 20.7. The molecule has 0 unspecified atom stereocenters. The molecule has 0 spiro atoms. The van der Waals surface area contributed by atoms with E-state index in [9.17, 15) is 14.9 Å². The predicted molar refractivity (Wildman–Crippen MR) is 122 cm³/mol. The minimum absolute atomic E-state index is 0.0272. The molecular weight excluding hydrogens is 505 g/mol. The first-order valence-corrected chi connectivity index (χ1v) is 10.2. The molecule has 0 fully saturated rings. The summed E-state index contributed by atoms with van der Waals surface area (Å²) in [6.45, 7) is 1.96. The van der Waals surface area contributed by atoms with Crippen molar-refractivity contribution >= 4 is 57.2 Å². The van der Waals surface area contributed by atoms with Crippen molar-refractivity contribution in [3.63, 3.8) is 0 Å². The van der Waals surface area contributed by atoms with E-state index in [0.717, 1.165) is 14.8 Å². The number of benzene rings is 3. The van der Waals surface area contributed by atoms with Crippen LogP contribution in [0.1, 0.15) is 27.7 Å². The summed E-state index contributed by atoms with van der Waals surface area (Å²) in [5.41, 5.74) is 3.51. The first-order valence-electron chi connectivity index (χ1n) is 8.75. The van der Waals surface area contributed by atoms with E-state index < -0.39 is 11.1 Å². The molecule has 1 amide bonds. The zero-order valence-corrected chi connectivity index (χ0v) is 18.1. The molecule has 3 aromatic rings. The Balaban J connectivity index is 1.87. The van der Waals surface area contributed by atoms with Gasteiger partial charge in [-0.25, -0.2) is 0 Å². The molecule has 0 saturated carbocycles. The number of rotatable bonds is 3. The molecule has 1 heterocycles. The Morgan fingerprint density at radius 1 is 1.14 bits per heavy atom. The number of amides is 1. The van der Waals surface area contributed by atoms with E-state index in [1.54, 1.807) is 11.0 Å². The van der Waals surface area contributed by atoms with E-state index in [1.165, 1.54) is 12.1 Å². The first kappa shape index (κ1) is 19.7. The van der Waals surface area contributed by atoms with Gasteiger partial charge in [-0.15, -0.1) is 0 Å². The third-order valence-corrected chi connectivity index (χ3v) is 5.72. The number of nitro benzene ring substituents is 1. The molecule has 3 aromatic carbocycles. The van der Waals surface area contributed by atoms with Gasteiger partial charge in [0.15, 0.2) is 0 Å². The largest absolute Gasteiger partial charge is 0.360 e. The minimum Gasteiger partial charge on any atom is -0.360 e. The molecule has 0 aliphatic carbocycles. The molecule has 1 aliphatic heterocycles. The standard InChI is InChI=1S/C21H15ClIN3O3/c1-12-3-2-4-15(9-12)25-20(13-5-8-19(26(28)29)17(22)10-13)24-18-7-6-14(23)11-16(18)21(25)27/h2-11,20,24H,1H3/t20-/m1/s1. The van der Waals surface area contributed by atoms with Gasteiger partial charge in [0, 0.05) is 21.0 Å². The molecule has 146 valence electrons. The summed E-state index contributed by atoms with van der Waals surface area (Å²) >= 11 is 8.32. The van der Waals surface area contributed by atoms with E-state index in [-0.39, 0.29) is 16.6 Å². The van der Waals surface area contributed by atoms with Gasteiger partial charge in [-0.05, 0) is 83.1 Å². The molecule has 1 atom stereocenters. The third-order valence-electron chi connectivity index (χ3n) is 4.75. The summed E-state index contributed by atoms with van der Waals surface area (Å²) in [6.07, 6.45) is -0.560. The van der Waals surface area contributed by atoms with Gasteiger partial charge in [0.25, 0.3) is 11.6 Å². The molecule has 8 heteroatoms. The van der Waals surface area contributed by atoms with Crippen LogP contribution in [0.4, 0.5) is 17.1 Å². The van der Waals surface area contributed by atoms with Gasteiger partial charge in [0.05, 0.1) is 10.5 Å². The van der Waals surface area contributed by atoms with E-state index in [0.29, 0.717) is 16.8 Å². The van der Waals surface area contributed by atoms with Crippen molar-refractivity contribution < 1.29 is 9.72 Å². The van der Waals surface area contributed by atoms with Crippen LogP contribution >= 0.6 is 34.2 Å². The quantitative estimate of drug-likeness (QED) is 0.264. The normalized spacial score (nSPS) is 15.6. The SMILES string of the molecule is Cc1cccc(N2C(=O)c3cc(I)ccc3N[C@H]2c2ccc([N+](=O)[O-])c(Cl)c2)c1. The van der Waals surface area contributed by atoms with Crippen molar-refractivity contribution in [1.29, 1.82) is 0 Å². The number of carbonyl (C=O) groups excluding carboxylic acids is 1. The fourth-order valence-corrected chi connectivity index (χ4v) is 4.15. The summed E-state index contributed by atoms with van der Waals surface area (Å²) in [4.78, 5) is 25.7. The Morgan fingerprint density at radius 3 is 2.62 bits per heavy atom. The van der Waals surface area contributed by atoms with Gasteiger partial charge in [0.2, 0.25) is 0 Å². The summed E-state index contributed by atoms with van der Waals surface area (Å²) < 4.78 is 0.956. The van der Waals surface area contributed by atoms with Crippen LogP contribution in [0.15, 0.2) is 60.7 Å². The van der Waals surface area contributed by atoms with Crippen molar-refractivity contribution in [2.24, 2.45) is 0 Å². The van der Waals surface area contributed by atoms with Crippen LogP contribution in [-0.2, 0) is 0 Å². The second-order valence-electron chi connectivity index (χ2n) is 6.72. The number of hydrogen-bond acceptors (Lipinski definition) is 4. The second kappa shape index (κ2) is 7.64. The number of nitro groups is 1. The number of fused-ring (bicyclic) bond motifs is 1. The first-order chi connectivity index (χ1) is 13.8. The Kier molecular flexibility index (Phi) is 5.18. The molecule has 6 nitrogen and oxygen atoms in total. The monoisotopic (exact) mass is 519 g/mol. The number of anilines is 2. The molecule has 0 radical (unpaired) electrons. The van der Waals surface area contributed by atoms with Crippen molar-refractivity contribution in [3.05, 3.63) is 96.1 Å². The maximum atomic E-state index is 13.5. The maximum Gasteiger partial charge on any atom is 0.287 e. The fourth-order valence-electron chi connectivity index (χ4n) is 3.40. The van der Waals surface area contributed by atoms with Crippen LogP contribution < -0.4 is 10.2 Å². The number of nitrogens with one attached hydrogen (secondary N) is 1.